The fraction of sp³-hybridized carbons (Fsp3) is 0.500. The second-order valence-corrected chi connectivity index (χ2v) is 5.77. The van der Waals surface area contributed by atoms with E-state index in [2.05, 4.69) is 17.2 Å². The molecule has 0 aromatic heterocycles. The minimum Gasteiger partial charge on any atom is -0.326 e. The number of benzene rings is 1. The highest BCUT2D eigenvalue weighted by Crippen LogP contribution is 2.28. The van der Waals surface area contributed by atoms with Gasteiger partial charge in [0.15, 0.2) is 0 Å². The number of carbonyl (C=O) groups excluding carboxylic acids is 1. The number of amides is 1. The van der Waals surface area contributed by atoms with E-state index in [0.29, 0.717) is 13.0 Å². The van der Waals surface area contributed by atoms with Gasteiger partial charge in [0.25, 0.3) is 0 Å². The van der Waals surface area contributed by atoms with Crippen molar-refractivity contribution < 1.29 is 4.79 Å². The summed E-state index contributed by atoms with van der Waals surface area (Å²) in [6.45, 7) is 2.34. The number of hydrogen-bond donors (Lipinski definition) is 2. The number of hydrogen-bond acceptors (Lipinski definition) is 2. The Morgan fingerprint density at radius 2 is 2.14 bits per heavy atom. The van der Waals surface area contributed by atoms with E-state index in [0.717, 1.165) is 29.2 Å². The van der Waals surface area contributed by atoms with Crippen LogP contribution < -0.4 is 11.1 Å². The minimum atomic E-state index is 0.105. The number of nitrogens with two attached hydrogens (primary N) is 1. The van der Waals surface area contributed by atoms with Gasteiger partial charge in [0.05, 0.1) is 6.54 Å². The Labute approximate surface area is 127 Å². The van der Waals surface area contributed by atoms with Gasteiger partial charge >= 0.3 is 0 Å². The quantitative estimate of drug-likeness (QED) is 0.834. The van der Waals surface area contributed by atoms with Gasteiger partial charge in [0.1, 0.15) is 0 Å². The van der Waals surface area contributed by atoms with Crippen LogP contribution >= 0.6 is 0 Å². The Bertz CT molecular complexity index is 548. The van der Waals surface area contributed by atoms with Crippen molar-refractivity contribution in [3.05, 3.63) is 29.3 Å². The molecule has 1 amide bonds. The lowest BCUT2D eigenvalue weighted by Gasteiger charge is -2.11. The lowest BCUT2D eigenvalue weighted by molar-refractivity contribution is -0.116. The van der Waals surface area contributed by atoms with Crippen LogP contribution in [0.3, 0.4) is 0 Å². The van der Waals surface area contributed by atoms with Crippen LogP contribution in [-0.4, -0.2) is 12.5 Å². The van der Waals surface area contributed by atoms with Crippen molar-refractivity contribution in [3.63, 3.8) is 0 Å². The molecule has 0 bridgehead atoms. The zero-order valence-corrected chi connectivity index (χ0v) is 12.7. The summed E-state index contributed by atoms with van der Waals surface area (Å²) in [5, 5.41) is 3.01. The molecule has 0 aliphatic heterocycles. The topological polar surface area (TPSA) is 55.1 Å². The minimum absolute atomic E-state index is 0.105. The molecule has 0 spiro atoms. The van der Waals surface area contributed by atoms with Crippen LogP contribution in [0.4, 0.5) is 5.69 Å². The van der Waals surface area contributed by atoms with E-state index in [9.17, 15) is 4.79 Å². The summed E-state index contributed by atoms with van der Waals surface area (Å²) in [4.78, 5) is 12.1. The van der Waals surface area contributed by atoms with E-state index in [1.165, 1.54) is 25.7 Å². The third-order valence-corrected chi connectivity index (χ3v) is 4.10. The number of anilines is 1. The summed E-state index contributed by atoms with van der Waals surface area (Å²) in [7, 11) is 0. The van der Waals surface area contributed by atoms with Gasteiger partial charge in [-0.05, 0) is 37.0 Å². The molecule has 1 aromatic carbocycles. The van der Waals surface area contributed by atoms with Crippen molar-refractivity contribution in [1.82, 2.24) is 0 Å². The highest BCUT2D eigenvalue weighted by Gasteiger charge is 2.16. The molecule has 1 aromatic rings. The molecule has 0 radical (unpaired) electrons. The highest BCUT2D eigenvalue weighted by atomic mass is 16.1. The Morgan fingerprint density at radius 1 is 1.38 bits per heavy atom. The van der Waals surface area contributed by atoms with Crippen LogP contribution in [0.2, 0.25) is 0 Å². The summed E-state index contributed by atoms with van der Waals surface area (Å²) >= 11 is 0. The molecular weight excluding hydrogens is 260 g/mol. The first-order chi connectivity index (χ1) is 10.2. The summed E-state index contributed by atoms with van der Waals surface area (Å²) < 4.78 is 0. The molecule has 1 aliphatic rings. The van der Waals surface area contributed by atoms with Gasteiger partial charge in [-0.15, -0.1) is 0 Å². The van der Waals surface area contributed by atoms with Crippen LogP contribution in [-0.2, 0) is 4.79 Å². The Morgan fingerprint density at radius 3 is 2.86 bits per heavy atom. The fourth-order valence-electron chi connectivity index (χ4n) is 2.83. The first-order valence-electron chi connectivity index (χ1n) is 7.78. The molecular formula is C18H24N2O. The van der Waals surface area contributed by atoms with E-state index in [1.54, 1.807) is 0 Å². The van der Waals surface area contributed by atoms with Crippen molar-refractivity contribution in [1.29, 1.82) is 0 Å². The number of rotatable bonds is 4. The van der Waals surface area contributed by atoms with Crippen molar-refractivity contribution in [2.45, 2.75) is 45.4 Å². The second-order valence-electron chi connectivity index (χ2n) is 5.77. The average Bonchev–Trinajstić information content (AvgIpc) is 2.99. The zero-order valence-electron chi connectivity index (χ0n) is 12.7. The summed E-state index contributed by atoms with van der Waals surface area (Å²) in [6.07, 6.45) is 6.85. The predicted octanol–water partition coefficient (Wildman–Crippen LogP) is 3.21. The maximum atomic E-state index is 12.1. The van der Waals surface area contributed by atoms with Crippen LogP contribution in [0, 0.1) is 24.7 Å². The Kier molecular flexibility index (Phi) is 5.83. The first kappa shape index (κ1) is 15.6. The molecule has 0 heterocycles. The lowest BCUT2D eigenvalue weighted by Crippen LogP contribution is -2.13. The van der Waals surface area contributed by atoms with Crippen molar-refractivity contribution in [2.75, 3.05) is 11.9 Å². The third-order valence-electron chi connectivity index (χ3n) is 4.10. The monoisotopic (exact) mass is 284 g/mol. The summed E-state index contributed by atoms with van der Waals surface area (Å²) in [5.41, 5.74) is 8.18. The number of aryl methyl sites for hydroxylation is 1. The lowest BCUT2D eigenvalue weighted by atomic mass is 10.0. The van der Waals surface area contributed by atoms with Gasteiger partial charge in [-0.3, -0.25) is 4.79 Å². The van der Waals surface area contributed by atoms with Gasteiger partial charge in [0, 0.05) is 17.7 Å². The predicted molar refractivity (Wildman–Crippen MR) is 86.9 cm³/mol. The molecule has 3 N–H and O–H groups in total. The molecule has 0 unspecified atom stereocenters. The van der Waals surface area contributed by atoms with E-state index >= 15 is 0 Å². The largest absolute Gasteiger partial charge is 0.326 e. The maximum Gasteiger partial charge on any atom is 0.224 e. The van der Waals surface area contributed by atoms with Crippen molar-refractivity contribution >= 4 is 11.6 Å². The molecule has 3 heteroatoms. The van der Waals surface area contributed by atoms with E-state index in [1.807, 2.05) is 25.1 Å². The molecule has 3 nitrogen and oxygen atoms in total. The standard InChI is InChI=1S/C18H24N2O/c1-14-8-9-16(7-4-12-19)13-17(14)20-18(21)11-10-15-5-2-3-6-15/h8-9,13,15H,2-3,5-6,10-12,19H2,1H3,(H,20,21). The number of nitrogens with one attached hydrogen (secondary N) is 1. The van der Waals surface area contributed by atoms with Crippen LogP contribution in [0.5, 0.6) is 0 Å². The van der Waals surface area contributed by atoms with E-state index in [-0.39, 0.29) is 5.91 Å². The van der Waals surface area contributed by atoms with Gasteiger partial charge in [0.2, 0.25) is 5.91 Å². The highest BCUT2D eigenvalue weighted by molar-refractivity contribution is 5.91. The Balaban J connectivity index is 1.92. The molecule has 2 rings (SSSR count). The SMILES string of the molecule is Cc1ccc(C#CCN)cc1NC(=O)CCC1CCCC1. The molecule has 1 aliphatic carbocycles. The zero-order chi connectivity index (χ0) is 15.1. The number of carbonyl (C=O) groups is 1. The van der Waals surface area contributed by atoms with Gasteiger partial charge in [-0.1, -0.05) is 43.6 Å². The second kappa shape index (κ2) is 7.85. The summed E-state index contributed by atoms with van der Waals surface area (Å²) in [6, 6.07) is 5.85. The van der Waals surface area contributed by atoms with Gasteiger partial charge < -0.3 is 11.1 Å². The van der Waals surface area contributed by atoms with Gasteiger partial charge in [-0.2, -0.15) is 0 Å². The molecule has 21 heavy (non-hydrogen) atoms. The molecule has 1 fully saturated rings. The molecule has 112 valence electrons. The van der Waals surface area contributed by atoms with Gasteiger partial charge in [-0.25, -0.2) is 0 Å². The molecule has 0 saturated heterocycles. The van der Waals surface area contributed by atoms with E-state index < -0.39 is 0 Å². The average molecular weight is 284 g/mol. The first-order valence-corrected chi connectivity index (χ1v) is 7.78. The smallest absolute Gasteiger partial charge is 0.224 e. The van der Waals surface area contributed by atoms with Crippen molar-refractivity contribution in [3.8, 4) is 11.8 Å². The van der Waals surface area contributed by atoms with Crippen molar-refractivity contribution in [2.24, 2.45) is 11.7 Å². The Hall–Kier alpha value is -1.79. The molecule has 0 atom stereocenters. The summed E-state index contributed by atoms with van der Waals surface area (Å²) in [5.74, 6) is 6.68. The molecule has 1 saturated carbocycles. The fourth-order valence-corrected chi connectivity index (χ4v) is 2.83. The third kappa shape index (κ3) is 4.91. The van der Waals surface area contributed by atoms with E-state index in [4.69, 9.17) is 5.73 Å². The van der Waals surface area contributed by atoms with Crippen LogP contribution in [0.15, 0.2) is 18.2 Å². The normalized spacial score (nSPS) is 14.6. The van der Waals surface area contributed by atoms with Crippen LogP contribution in [0.1, 0.15) is 49.7 Å². The van der Waals surface area contributed by atoms with Crippen LogP contribution in [0.25, 0.3) is 0 Å². The maximum absolute atomic E-state index is 12.1.